The van der Waals surface area contributed by atoms with E-state index in [1.165, 1.54) is 12.1 Å². The summed E-state index contributed by atoms with van der Waals surface area (Å²) in [6.07, 6.45) is 1.58. The molecular formula is C22H12Cl2O4. The minimum atomic E-state index is -0.596. The predicted octanol–water partition coefficient (Wildman–Crippen LogP) is 5.83. The van der Waals surface area contributed by atoms with Crippen molar-refractivity contribution in [2.75, 3.05) is 0 Å². The maximum atomic E-state index is 12.6. The molecule has 0 spiro atoms. The number of hydrogen-bond acceptors (Lipinski definition) is 4. The number of ketones is 1. The second-order valence-electron chi connectivity index (χ2n) is 5.99. The first-order chi connectivity index (χ1) is 13.5. The highest BCUT2D eigenvalue weighted by atomic mass is 35.5. The van der Waals surface area contributed by atoms with Crippen molar-refractivity contribution in [3.8, 4) is 11.5 Å². The van der Waals surface area contributed by atoms with E-state index in [1.54, 1.807) is 54.6 Å². The number of Topliss-reactive ketones (excluding diaryl/α,β-unsaturated/α-hetero) is 1. The normalized spacial score (nSPS) is 13.9. The Morgan fingerprint density at radius 1 is 0.929 bits per heavy atom. The Kier molecular flexibility index (Phi) is 4.90. The Labute approximate surface area is 170 Å². The molecule has 0 unspecified atom stereocenters. The van der Waals surface area contributed by atoms with E-state index in [1.807, 2.05) is 6.07 Å². The summed E-state index contributed by atoms with van der Waals surface area (Å²) < 4.78 is 11.0. The van der Waals surface area contributed by atoms with Crippen LogP contribution in [0.5, 0.6) is 11.5 Å². The number of rotatable bonds is 3. The SMILES string of the molecule is O=C(Oc1ccc2c(c1)O/C(=C\c1ccccc1Cl)C2=O)c1ccccc1Cl. The van der Waals surface area contributed by atoms with Gasteiger partial charge in [0.2, 0.25) is 5.78 Å². The molecule has 0 atom stereocenters. The van der Waals surface area contributed by atoms with Crippen molar-refractivity contribution in [1.29, 1.82) is 0 Å². The maximum Gasteiger partial charge on any atom is 0.345 e. The number of allylic oxidation sites excluding steroid dienone is 1. The number of halogens is 2. The van der Waals surface area contributed by atoms with Gasteiger partial charge < -0.3 is 9.47 Å². The summed E-state index contributed by atoms with van der Waals surface area (Å²) in [6.45, 7) is 0. The molecule has 4 rings (SSSR count). The molecule has 6 heteroatoms. The standard InChI is InChI=1S/C22H12Cl2O4/c23-17-7-3-1-5-13(17)11-20-21(25)16-10-9-14(12-19(16)28-20)27-22(26)15-6-2-4-8-18(15)24/h1-12H/b20-11-. The summed E-state index contributed by atoms with van der Waals surface area (Å²) in [5, 5.41) is 0.807. The van der Waals surface area contributed by atoms with Gasteiger partial charge in [0.25, 0.3) is 0 Å². The molecule has 0 aliphatic carbocycles. The van der Waals surface area contributed by atoms with Crippen LogP contribution in [-0.4, -0.2) is 11.8 Å². The number of carbonyl (C=O) groups is 2. The van der Waals surface area contributed by atoms with Crippen molar-refractivity contribution < 1.29 is 19.1 Å². The van der Waals surface area contributed by atoms with Gasteiger partial charge >= 0.3 is 5.97 Å². The molecule has 0 bridgehead atoms. The molecule has 3 aromatic carbocycles. The van der Waals surface area contributed by atoms with Crippen molar-refractivity contribution >= 4 is 41.0 Å². The van der Waals surface area contributed by atoms with Crippen molar-refractivity contribution in [3.05, 3.63) is 99.2 Å². The van der Waals surface area contributed by atoms with Gasteiger partial charge in [-0.2, -0.15) is 0 Å². The van der Waals surface area contributed by atoms with Crippen molar-refractivity contribution in [1.82, 2.24) is 0 Å². The average Bonchev–Trinajstić information content (AvgIpc) is 2.99. The van der Waals surface area contributed by atoms with Crippen LogP contribution in [0.2, 0.25) is 10.0 Å². The van der Waals surface area contributed by atoms with Crippen LogP contribution in [0.15, 0.2) is 72.5 Å². The van der Waals surface area contributed by atoms with Crippen LogP contribution in [0.25, 0.3) is 6.08 Å². The zero-order chi connectivity index (χ0) is 19.7. The fourth-order valence-corrected chi connectivity index (χ4v) is 3.16. The molecule has 28 heavy (non-hydrogen) atoms. The molecule has 3 aromatic rings. The fourth-order valence-electron chi connectivity index (χ4n) is 2.75. The molecule has 0 aromatic heterocycles. The highest BCUT2D eigenvalue weighted by Gasteiger charge is 2.28. The van der Waals surface area contributed by atoms with Crippen molar-refractivity contribution in [2.45, 2.75) is 0 Å². The number of ether oxygens (including phenoxy) is 2. The van der Waals surface area contributed by atoms with Crippen LogP contribution in [0.4, 0.5) is 0 Å². The van der Waals surface area contributed by atoms with Gasteiger partial charge in [0.15, 0.2) is 5.76 Å². The molecule has 4 nitrogen and oxygen atoms in total. The minimum absolute atomic E-state index is 0.151. The molecule has 1 heterocycles. The quantitative estimate of drug-likeness (QED) is 0.309. The van der Waals surface area contributed by atoms with E-state index in [4.69, 9.17) is 32.7 Å². The zero-order valence-electron chi connectivity index (χ0n) is 14.3. The van der Waals surface area contributed by atoms with Crippen molar-refractivity contribution in [2.24, 2.45) is 0 Å². The maximum absolute atomic E-state index is 12.6. The van der Waals surface area contributed by atoms with Gasteiger partial charge in [-0.3, -0.25) is 4.79 Å². The lowest BCUT2D eigenvalue weighted by molar-refractivity contribution is 0.0734. The molecule has 0 fully saturated rings. The van der Waals surface area contributed by atoms with Gasteiger partial charge in [0.05, 0.1) is 16.1 Å². The van der Waals surface area contributed by atoms with E-state index in [9.17, 15) is 9.59 Å². The zero-order valence-corrected chi connectivity index (χ0v) is 15.8. The molecule has 138 valence electrons. The van der Waals surface area contributed by atoms with Crippen LogP contribution in [0.1, 0.15) is 26.3 Å². The monoisotopic (exact) mass is 410 g/mol. The lowest BCUT2D eigenvalue weighted by atomic mass is 10.1. The molecule has 0 N–H and O–H groups in total. The second kappa shape index (κ2) is 7.50. The number of benzene rings is 3. The molecular weight excluding hydrogens is 399 g/mol. The Morgan fingerprint density at radius 3 is 2.39 bits per heavy atom. The molecule has 1 aliphatic rings. The molecule has 0 amide bonds. The van der Waals surface area contributed by atoms with Gasteiger partial charge in [-0.1, -0.05) is 53.5 Å². The summed E-state index contributed by atoms with van der Waals surface area (Å²) in [7, 11) is 0. The summed E-state index contributed by atoms with van der Waals surface area (Å²) in [6, 6.07) is 18.3. The van der Waals surface area contributed by atoms with Crippen LogP contribution >= 0.6 is 23.2 Å². The largest absolute Gasteiger partial charge is 0.452 e. The van der Waals surface area contributed by atoms with Crippen molar-refractivity contribution in [3.63, 3.8) is 0 Å². The van der Waals surface area contributed by atoms with Crippen LogP contribution in [0.3, 0.4) is 0 Å². The Hall–Kier alpha value is -3.08. The fraction of sp³-hybridized carbons (Fsp3) is 0. The van der Waals surface area contributed by atoms with Gasteiger partial charge in [0.1, 0.15) is 11.5 Å². The van der Waals surface area contributed by atoms with E-state index < -0.39 is 5.97 Å². The number of carbonyl (C=O) groups excluding carboxylic acids is 2. The number of hydrogen-bond donors (Lipinski definition) is 0. The second-order valence-corrected chi connectivity index (χ2v) is 6.80. The lowest BCUT2D eigenvalue weighted by Crippen LogP contribution is -2.09. The Bertz CT molecular complexity index is 1130. The molecule has 0 saturated heterocycles. The highest BCUT2D eigenvalue weighted by Crippen LogP contribution is 2.35. The highest BCUT2D eigenvalue weighted by molar-refractivity contribution is 6.33. The van der Waals surface area contributed by atoms with Gasteiger partial charge in [-0.25, -0.2) is 4.79 Å². The Balaban J connectivity index is 1.58. The van der Waals surface area contributed by atoms with E-state index in [2.05, 4.69) is 0 Å². The first kappa shape index (κ1) is 18.3. The topological polar surface area (TPSA) is 52.6 Å². The van der Waals surface area contributed by atoms with Gasteiger partial charge in [-0.15, -0.1) is 0 Å². The third kappa shape index (κ3) is 3.52. The van der Waals surface area contributed by atoms with Gasteiger partial charge in [0, 0.05) is 11.1 Å². The third-order valence-corrected chi connectivity index (χ3v) is 4.81. The first-order valence-corrected chi connectivity index (χ1v) is 9.08. The summed E-state index contributed by atoms with van der Waals surface area (Å²) in [5.41, 5.74) is 1.31. The van der Waals surface area contributed by atoms with Gasteiger partial charge in [-0.05, 0) is 42.0 Å². The van der Waals surface area contributed by atoms with Crippen LogP contribution in [-0.2, 0) is 0 Å². The summed E-state index contributed by atoms with van der Waals surface area (Å²) >= 11 is 12.2. The minimum Gasteiger partial charge on any atom is -0.452 e. The Morgan fingerprint density at radius 2 is 1.64 bits per heavy atom. The van der Waals surface area contributed by atoms with Crippen LogP contribution in [0, 0.1) is 0 Å². The molecule has 1 aliphatic heterocycles. The number of fused-ring (bicyclic) bond motifs is 1. The van der Waals surface area contributed by atoms with E-state index in [0.717, 1.165) is 0 Å². The molecule has 0 saturated carbocycles. The summed E-state index contributed by atoms with van der Waals surface area (Å²) in [5.74, 6) is -0.151. The van der Waals surface area contributed by atoms with Crippen LogP contribution < -0.4 is 9.47 Å². The lowest BCUT2D eigenvalue weighted by Gasteiger charge is -2.06. The van der Waals surface area contributed by atoms with E-state index in [-0.39, 0.29) is 22.9 Å². The molecule has 0 radical (unpaired) electrons. The van der Waals surface area contributed by atoms with E-state index >= 15 is 0 Å². The summed E-state index contributed by atoms with van der Waals surface area (Å²) in [4.78, 5) is 24.9. The predicted molar refractivity (Wildman–Crippen MR) is 107 cm³/mol. The third-order valence-electron chi connectivity index (χ3n) is 4.14. The first-order valence-electron chi connectivity index (χ1n) is 8.32. The number of esters is 1. The van der Waals surface area contributed by atoms with E-state index in [0.29, 0.717) is 26.9 Å². The smallest absolute Gasteiger partial charge is 0.345 e. The average molecular weight is 411 g/mol.